The van der Waals surface area contributed by atoms with Gasteiger partial charge in [-0.2, -0.15) is 0 Å². The molecule has 1 aromatic heterocycles. The van der Waals surface area contributed by atoms with Gasteiger partial charge in [-0.15, -0.1) is 0 Å². The number of hydrogen-bond acceptors (Lipinski definition) is 5. The molecule has 30 heavy (non-hydrogen) atoms. The van der Waals surface area contributed by atoms with E-state index in [1.54, 1.807) is 48.5 Å². The van der Waals surface area contributed by atoms with Crippen LogP contribution in [0, 0.1) is 0 Å². The molecule has 0 aliphatic heterocycles. The third-order valence-corrected chi connectivity index (χ3v) is 4.25. The molecule has 1 heterocycles. The van der Waals surface area contributed by atoms with E-state index in [1.165, 1.54) is 17.0 Å². The molecule has 0 saturated heterocycles. The minimum atomic E-state index is -0.784. The van der Waals surface area contributed by atoms with Crippen molar-refractivity contribution in [3.63, 3.8) is 0 Å². The van der Waals surface area contributed by atoms with Crippen LogP contribution in [-0.2, 0) is 11.3 Å². The van der Waals surface area contributed by atoms with E-state index < -0.39 is 17.0 Å². The summed E-state index contributed by atoms with van der Waals surface area (Å²) in [7, 11) is 0. The molecule has 0 radical (unpaired) electrons. The summed E-state index contributed by atoms with van der Waals surface area (Å²) in [5.41, 5.74) is -0.422. The van der Waals surface area contributed by atoms with Crippen LogP contribution in [0.1, 0.15) is 13.8 Å². The van der Waals surface area contributed by atoms with Crippen LogP contribution in [0.3, 0.4) is 0 Å². The summed E-state index contributed by atoms with van der Waals surface area (Å²) in [6.45, 7) is 4.58. The van der Waals surface area contributed by atoms with Gasteiger partial charge >= 0.3 is 11.1 Å². The highest BCUT2D eigenvalue weighted by Gasteiger charge is 2.10. The van der Waals surface area contributed by atoms with E-state index in [0.29, 0.717) is 36.1 Å². The molecule has 0 spiro atoms. The molecule has 0 aliphatic rings. The smallest absolute Gasteiger partial charge is 0.320 e. The first kappa shape index (κ1) is 20.9. The van der Waals surface area contributed by atoms with Gasteiger partial charge in [0.05, 0.1) is 13.2 Å². The monoisotopic (exact) mass is 409 g/mol. The van der Waals surface area contributed by atoms with Gasteiger partial charge in [0.25, 0.3) is 0 Å². The second-order valence-corrected chi connectivity index (χ2v) is 6.34. The standard InChI is InChI=1S/C22H23N3O5/c1-3-29-18-9-5-16(6-10-18)23-20(26)15-24-13-14-25(22(28)21(24)27)17-7-11-19(12-8-17)30-4-2/h5-14H,3-4,15H2,1-2H3,(H,23,26). The molecule has 0 saturated carbocycles. The highest BCUT2D eigenvalue weighted by atomic mass is 16.5. The van der Waals surface area contributed by atoms with E-state index in [2.05, 4.69) is 5.32 Å². The number of nitrogens with one attached hydrogen (secondary N) is 1. The van der Waals surface area contributed by atoms with E-state index in [0.717, 1.165) is 4.57 Å². The Balaban J connectivity index is 1.72. The van der Waals surface area contributed by atoms with Crippen LogP contribution in [0.25, 0.3) is 5.69 Å². The van der Waals surface area contributed by atoms with Crippen LogP contribution in [-0.4, -0.2) is 28.3 Å². The van der Waals surface area contributed by atoms with Crippen molar-refractivity contribution in [2.75, 3.05) is 18.5 Å². The molecule has 1 N–H and O–H groups in total. The topological polar surface area (TPSA) is 91.6 Å². The lowest BCUT2D eigenvalue weighted by atomic mass is 10.3. The Morgan fingerprint density at radius 3 is 1.97 bits per heavy atom. The molecular weight excluding hydrogens is 386 g/mol. The first-order valence-corrected chi connectivity index (χ1v) is 9.60. The molecule has 3 aromatic rings. The average molecular weight is 409 g/mol. The molecule has 0 bridgehead atoms. The van der Waals surface area contributed by atoms with Gasteiger partial charge in [0, 0.05) is 23.8 Å². The van der Waals surface area contributed by atoms with Gasteiger partial charge < -0.3 is 14.8 Å². The van der Waals surface area contributed by atoms with Gasteiger partial charge in [-0.25, -0.2) is 0 Å². The fraction of sp³-hybridized carbons (Fsp3) is 0.227. The number of hydrogen-bond donors (Lipinski definition) is 1. The molecule has 0 aliphatic carbocycles. The summed E-state index contributed by atoms with van der Waals surface area (Å²) in [4.78, 5) is 37.2. The van der Waals surface area contributed by atoms with Crippen molar-refractivity contribution in [2.45, 2.75) is 20.4 Å². The van der Waals surface area contributed by atoms with Crippen LogP contribution >= 0.6 is 0 Å². The molecular formula is C22H23N3O5. The predicted octanol–water partition coefficient (Wildman–Crippen LogP) is 2.44. The second kappa shape index (κ2) is 9.60. The fourth-order valence-electron chi connectivity index (χ4n) is 2.86. The zero-order valence-corrected chi connectivity index (χ0v) is 16.8. The Morgan fingerprint density at radius 2 is 1.40 bits per heavy atom. The summed E-state index contributed by atoms with van der Waals surface area (Å²) in [5.74, 6) is 0.956. The third-order valence-electron chi connectivity index (χ3n) is 4.25. The minimum absolute atomic E-state index is 0.272. The third kappa shape index (κ3) is 4.96. The zero-order valence-electron chi connectivity index (χ0n) is 16.8. The van der Waals surface area contributed by atoms with Gasteiger partial charge in [-0.05, 0) is 62.4 Å². The average Bonchev–Trinajstić information content (AvgIpc) is 2.74. The lowest BCUT2D eigenvalue weighted by Gasteiger charge is -2.11. The molecule has 8 heteroatoms. The van der Waals surface area contributed by atoms with E-state index >= 15 is 0 Å². The summed E-state index contributed by atoms with van der Waals surface area (Å²) in [5, 5.41) is 2.69. The Kier molecular flexibility index (Phi) is 6.69. The van der Waals surface area contributed by atoms with Gasteiger partial charge in [0.1, 0.15) is 18.0 Å². The first-order valence-electron chi connectivity index (χ1n) is 9.60. The van der Waals surface area contributed by atoms with Crippen molar-refractivity contribution >= 4 is 11.6 Å². The van der Waals surface area contributed by atoms with Crippen molar-refractivity contribution in [2.24, 2.45) is 0 Å². The zero-order chi connectivity index (χ0) is 21.5. The Bertz CT molecular complexity index is 1120. The molecule has 156 valence electrons. The Hall–Kier alpha value is -3.81. The van der Waals surface area contributed by atoms with Crippen LogP contribution in [0.4, 0.5) is 5.69 Å². The van der Waals surface area contributed by atoms with Crippen molar-refractivity contribution in [1.82, 2.24) is 9.13 Å². The quantitative estimate of drug-likeness (QED) is 0.577. The summed E-state index contributed by atoms with van der Waals surface area (Å²) in [6, 6.07) is 13.7. The largest absolute Gasteiger partial charge is 0.494 e. The molecule has 2 aromatic carbocycles. The van der Waals surface area contributed by atoms with Gasteiger partial charge in [-0.3, -0.25) is 23.5 Å². The molecule has 0 fully saturated rings. The minimum Gasteiger partial charge on any atom is -0.494 e. The highest BCUT2D eigenvalue weighted by molar-refractivity contribution is 5.90. The van der Waals surface area contributed by atoms with Crippen molar-refractivity contribution in [1.29, 1.82) is 0 Å². The number of aromatic nitrogens is 2. The maximum atomic E-state index is 12.5. The lowest BCUT2D eigenvalue weighted by Crippen LogP contribution is -2.41. The van der Waals surface area contributed by atoms with E-state index in [9.17, 15) is 14.4 Å². The molecule has 0 unspecified atom stereocenters. The number of carbonyl (C=O) groups excluding carboxylic acids is 1. The highest BCUT2D eigenvalue weighted by Crippen LogP contribution is 2.16. The molecule has 8 nitrogen and oxygen atoms in total. The number of carbonyl (C=O) groups is 1. The van der Waals surface area contributed by atoms with E-state index in [1.807, 2.05) is 13.8 Å². The predicted molar refractivity (Wildman–Crippen MR) is 114 cm³/mol. The number of anilines is 1. The van der Waals surface area contributed by atoms with Crippen LogP contribution in [0.15, 0.2) is 70.5 Å². The van der Waals surface area contributed by atoms with Gasteiger partial charge in [0.2, 0.25) is 5.91 Å². The van der Waals surface area contributed by atoms with Crippen molar-refractivity contribution in [3.8, 4) is 17.2 Å². The number of amides is 1. The van der Waals surface area contributed by atoms with E-state index in [-0.39, 0.29) is 6.54 Å². The maximum Gasteiger partial charge on any atom is 0.320 e. The number of rotatable bonds is 8. The first-order chi connectivity index (χ1) is 14.5. The summed E-state index contributed by atoms with van der Waals surface area (Å²) >= 11 is 0. The Labute approximate surface area is 173 Å². The molecule has 1 amide bonds. The van der Waals surface area contributed by atoms with Crippen LogP contribution in [0.5, 0.6) is 11.5 Å². The number of nitrogens with zero attached hydrogens (tertiary/aromatic N) is 2. The van der Waals surface area contributed by atoms with E-state index in [4.69, 9.17) is 9.47 Å². The molecule has 3 rings (SSSR count). The van der Waals surface area contributed by atoms with Gasteiger partial charge in [0.15, 0.2) is 0 Å². The molecule has 0 atom stereocenters. The Morgan fingerprint density at radius 1 is 0.833 bits per heavy atom. The van der Waals surface area contributed by atoms with Crippen LogP contribution < -0.4 is 25.9 Å². The maximum absolute atomic E-state index is 12.5. The van der Waals surface area contributed by atoms with Crippen LogP contribution in [0.2, 0.25) is 0 Å². The van der Waals surface area contributed by atoms with Gasteiger partial charge in [-0.1, -0.05) is 0 Å². The number of ether oxygens (including phenoxy) is 2. The lowest BCUT2D eigenvalue weighted by molar-refractivity contribution is -0.116. The van der Waals surface area contributed by atoms with Crippen molar-refractivity contribution in [3.05, 3.63) is 81.6 Å². The fourth-order valence-corrected chi connectivity index (χ4v) is 2.86. The number of benzene rings is 2. The second-order valence-electron chi connectivity index (χ2n) is 6.34. The summed E-state index contributed by atoms with van der Waals surface area (Å²) in [6.07, 6.45) is 2.88. The SMILES string of the molecule is CCOc1ccc(NC(=O)Cn2ccn(-c3ccc(OCC)cc3)c(=O)c2=O)cc1. The van der Waals surface area contributed by atoms with Crippen molar-refractivity contribution < 1.29 is 14.3 Å². The normalized spacial score (nSPS) is 10.5. The summed E-state index contributed by atoms with van der Waals surface area (Å²) < 4.78 is 13.0.